The van der Waals surface area contributed by atoms with Gasteiger partial charge in [0.05, 0.1) is 24.4 Å². The van der Waals surface area contributed by atoms with Crippen LogP contribution in [0.2, 0.25) is 0 Å². The second kappa shape index (κ2) is 3.12. The molecule has 0 radical (unpaired) electrons. The van der Waals surface area contributed by atoms with Crippen molar-refractivity contribution in [3.05, 3.63) is 0 Å². The smallest absolute Gasteiger partial charge is 0.0932 e. The lowest BCUT2D eigenvalue weighted by atomic mass is 9.93. The lowest BCUT2D eigenvalue weighted by Gasteiger charge is -2.41. The first-order chi connectivity index (χ1) is 6.14. The highest BCUT2D eigenvalue weighted by Gasteiger charge is 2.53. The van der Waals surface area contributed by atoms with E-state index in [0.717, 1.165) is 25.7 Å². The zero-order valence-electron chi connectivity index (χ0n) is 7.57. The summed E-state index contributed by atoms with van der Waals surface area (Å²) in [5.41, 5.74) is -0.819. The van der Waals surface area contributed by atoms with Gasteiger partial charge < -0.3 is 14.9 Å². The Morgan fingerprint density at radius 1 is 1.15 bits per heavy atom. The number of rotatable bonds is 2. The first-order valence-electron chi connectivity index (χ1n) is 4.74. The van der Waals surface area contributed by atoms with E-state index >= 15 is 0 Å². The topological polar surface area (TPSA) is 49.7 Å². The van der Waals surface area contributed by atoms with Gasteiger partial charge in [0.15, 0.2) is 0 Å². The monoisotopic (exact) mass is 204 g/mol. The summed E-state index contributed by atoms with van der Waals surface area (Å²) in [7, 11) is 0. The average Bonchev–Trinajstić information content (AvgIpc) is 2.41. The number of hydrogen-bond donors (Lipinski definition) is 3. The summed E-state index contributed by atoms with van der Waals surface area (Å²) in [6.07, 6.45) is 3.30. The summed E-state index contributed by atoms with van der Waals surface area (Å²) < 4.78 is 5.79. The van der Waals surface area contributed by atoms with Crippen molar-refractivity contribution >= 4 is 12.6 Å². The van der Waals surface area contributed by atoms with Gasteiger partial charge in [0.25, 0.3) is 0 Å². The molecule has 76 valence electrons. The van der Waals surface area contributed by atoms with Crippen LogP contribution in [0.3, 0.4) is 0 Å². The van der Waals surface area contributed by atoms with E-state index in [9.17, 15) is 10.2 Å². The van der Waals surface area contributed by atoms with Crippen LogP contribution in [0.5, 0.6) is 0 Å². The fourth-order valence-corrected chi connectivity index (χ4v) is 3.25. The fraction of sp³-hybridized carbons (Fsp3) is 1.00. The van der Waals surface area contributed by atoms with Gasteiger partial charge in [-0.1, -0.05) is 0 Å². The van der Waals surface area contributed by atoms with Crippen LogP contribution in [0, 0.1) is 0 Å². The minimum atomic E-state index is -0.409. The number of thiol groups is 1. The number of fused-ring (bicyclic) bond motifs is 2. The Labute approximate surface area is 83.5 Å². The van der Waals surface area contributed by atoms with E-state index in [2.05, 4.69) is 12.6 Å². The minimum Gasteiger partial charge on any atom is -0.393 e. The Morgan fingerprint density at radius 2 is 1.62 bits per heavy atom. The number of aliphatic hydroxyl groups excluding tert-OH is 2. The van der Waals surface area contributed by atoms with E-state index in [0.29, 0.717) is 0 Å². The lowest BCUT2D eigenvalue weighted by molar-refractivity contribution is -0.169. The molecule has 2 heterocycles. The normalized spacial score (nSPS) is 49.6. The van der Waals surface area contributed by atoms with Crippen molar-refractivity contribution in [2.45, 2.75) is 42.1 Å². The summed E-state index contributed by atoms with van der Waals surface area (Å²) in [6, 6.07) is 0. The third-order valence-corrected chi connectivity index (χ3v) is 3.63. The zero-order chi connectivity index (χ0) is 9.53. The molecular formula is C9H16O3S. The van der Waals surface area contributed by atoms with E-state index in [1.165, 1.54) is 0 Å². The van der Waals surface area contributed by atoms with Crippen molar-refractivity contribution in [3.8, 4) is 0 Å². The van der Waals surface area contributed by atoms with Crippen molar-refractivity contribution in [2.24, 2.45) is 0 Å². The molecular weight excluding hydrogens is 188 g/mol. The first-order valence-corrected chi connectivity index (χ1v) is 5.25. The van der Waals surface area contributed by atoms with Gasteiger partial charge in [0.2, 0.25) is 0 Å². The Bertz CT molecular complexity index is 191. The highest BCUT2D eigenvalue weighted by molar-refractivity contribution is 7.80. The zero-order valence-corrected chi connectivity index (χ0v) is 8.46. The molecule has 3 nitrogen and oxygen atoms in total. The molecule has 0 aromatic rings. The molecule has 2 bridgehead atoms. The first kappa shape index (κ1) is 9.77. The van der Waals surface area contributed by atoms with Crippen LogP contribution in [-0.2, 0) is 4.74 Å². The lowest BCUT2D eigenvalue weighted by Crippen LogP contribution is -2.48. The molecule has 2 N–H and O–H groups in total. The second-order valence-corrected chi connectivity index (χ2v) is 5.08. The van der Waals surface area contributed by atoms with Crippen molar-refractivity contribution < 1.29 is 14.9 Å². The van der Waals surface area contributed by atoms with Gasteiger partial charge in [-0.15, -0.1) is 0 Å². The Morgan fingerprint density at radius 3 is 2.00 bits per heavy atom. The van der Waals surface area contributed by atoms with E-state index in [4.69, 9.17) is 4.74 Å². The van der Waals surface area contributed by atoms with Gasteiger partial charge in [-0.3, -0.25) is 0 Å². The summed E-state index contributed by atoms with van der Waals surface area (Å²) in [4.78, 5) is 0. The van der Waals surface area contributed by atoms with Gasteiger partial charge in [-0.05, 0) is 25.7 Å². The average molecular weight is 204 g/mol. The Kier molecular flexibility index (Phi) is 2.35. The molecule has 0 unspecified atom stereocenters. The van der Waals surface area contributed by atoms with Crippen LogP contribution in [-0.4, -0.2) is 39.9 Å². The van der Waals surface area contributed by atoms with Gasteiger partial charge in [-0.2, -0.15) is 12.6 Å². The summed E-state index contributed by atoms with van der Waals surface area (Å²) in [5.74, 6) is 0. The fourth-order valence-electron chi connectivity index (χ4n) is 2.59. The molecule has 0 amide bonds. The summed E-state index contributed by atoms with van der Waals surface area (Å²) in [5, 5.41) is 18.8. The van der Waals surface area contributed by atoms with Crippen LogP contribution < -0.4 is 0 Å². The van der Waals surface area contributed by atoms with Gasteiger partial charge in [-0.25, -0.2) is 0 Å². The van der Waals surface area contributed by atoms with Gasteiger partial charge in [0, 0.05) is 5.25 Å². The predicted molar refractivity (Wildman–Crippen MR) is 52.0 cm³/mol. The van der Waals surface area contributed by atoms with Crippen LogP contribution in [0.1, 0.15) is 25.7 Å². The van der Waals surface area contributed by atoms with E-state index < -0.39 is 11.2 Å². The number of aliphatic hydroxyl groups is 2. The molecule has 13 heavy (non-hydrogen) atoms. The van der Waals surface area contributed by atoms with Gasteiger partial charge in [0.1, 0.15) is 0 Å². The van der Waals surface area contributed by atoms with Crippen LogP contribution in [0.25, 0.3) is 0 Å². The van der Waals surface area contributed by atoms with Crippen molar-refractivity contribution in [1.29, 1.82) is 0 Å². The molecule has 3 atom stereocenters. The molecule has 0 aromatic heterocycles. The molecule has 2 aliphatic heterocycles. The van der Waals surface area contributed by atoms with E-state index in [1.807, 2.05) is 0 Å². The predicted octanol–water partition coefficient (Wildman–Crippen LogP) is 0.351. The SMILES string of the molecule is OC[C@]12CC[C@](CO)(C[C@H](S)C1)O2. The molecule has 0 aliphatic carbocycles. The molecule has 2 saturated heterocycles. The maximum absolute atomic E-state index is 9.26. The molecule has 2 fully saturated rings. The van der Waals surface area contributed by atoms with Crippen LogP contribution >= 0.6 is 12.6 Å². The number of hydrogen-bond acceptors (Lipinski definition) is 4. The Hall–Kier alpha value is 0.230. The second-order valence-electron chi connectivity index (χ2n) is 4.35. The standard InChI is InChI=1S/C9H16O3S/c10-5-8-1-2-9(6-11,12-8)4-7(13)3-8/h7,10-11,13H,1-6H2/t7-,8+,9-. The highest BCUT2D eigenvalue weighted by Crippen LogP contribution is 2.48. The minimum absolute atomic E-state index is 0.0474. The molecule has 0 saturated carbocycles. The van der Waals surface area contributed by atoms with E-state index in [1.54, 1.807) is 0 Å². The maximum atomic E-state index is 9.26. The molecule has 0 spiro atoms. The summed E-state index contributed by atoms with van der Waals surface area (Å²) in [6.45, 7) is 0.0949. The van der Waals surface area contributed by atoms with Crippen molar-refractivity contribution in [1.82, 2.24) is 0 Å². The Balaban J connectivity index is 2.20. The molecule has 2 aliphatic rings. The summed E-state index contributed by atoms with van der Waals surface area (Å²) >= 11 is 4.43. The number of ether oxygens (including phenoxy) is 1. The highest BCUT2D eigenvalue weighted by atomic mass is 32.1. The maximum Gasteiger partial charge on any atom is 0.0932 e. The third kappa shape index (κ3) is 1.50. The third-order valence-electron chi connectivity index (χ3n) is 3.26. The van der Waals surface area contributed by atoms with E-state index in [-0.39, 0.29) is 18.5 Å². The molecule has 2 rings (SSSR count). The van der Waals surface area contributed by atoms with Crippen molar-refractivity contribution in [3.63, 3.8) is 0 Å². The largest absolute Gasteiger partial charge is 0.393 e. The van der Waals surface area contributed by atoms with Crippen LogP contribution in [0.15, 0.2) is 0 Å². The molecule has 0 aromatic carbocycles. The van der Waals surface area contributed by atoms with Crippen molar-refractivity contribution in [2.75, 3.05) is 13.2 Å². The quantitative estimate of drug-likeness (QED) is 0.569. The molecule has 4 heteroatoms. The van der Waals surface area contributed by atoms with Crippen LogP contribution in [0.4, 0.5) is 0 Å². The van der Waals surface area contributed by atoms with Gasteiger partial charge >= 0.3 is 0 Å².